The van der Waals surface area contributed by atoms with Crippen LogP contribution in [0.2, 0.25) is 0 Å². The summed E-state index contributed by atoms with van der Waals surface area (Å²) in [7, 11) is 6.67. The molecule has 0 heterocycles. The van der Waals surface area contributed by atoms with Crippen LogP contribution in [0.4, 0.5) is 0 Å². The average molecular weight is 382 g/mol. The molecular formula is C20H30O7. The lowest BCUT2D eigenvalue weighted by atomic mass is 9.84. The van der Waals surface area contributed by atoms with Gasteiger partial charge in [0.15, 0.2) is 0 Å². The molecule has 4 aliphatic rings. The zero-order chi connectivity index (χ0) is 19.3. The highest BCUT2D eigenvalue weighted by Gasteiger charge is 2.58. The molecule has 4 saturated carbocycles. The van der Waals surface area contributed by atoms with Crippen molar-refractivity contribution in [2.45, 2.75) is 50.1 Å². The van der Waals surface area contributed by atoms with Crippen LogP contribution in [0.3, 0.4) is 0 Å². The fourth-order valence-electron chi connectivity index (χ4n) is 6.57. The summed E-state index contributed by atoms with van der Waals surface area (Å²) in [6, 6.07) is 0. The molecule has 0 aromatic heterocycles. The summed E-state index contributed by atoms with van der Waals surface area (Å²) >= 11 is 0. The second-order valence-electron chi connectivity index (χ2n) is 8.55. The van der Waals surface area contributed by atoms with Gasteiger partial charge in [-0.3, -0.25) is 9.59 Å². The lowest BCUT2D eigenvalue weighted by Crippen LogP contribution is -2.44. The predicted molar refractivity (Wildman–Crippen MR) is 93.7 cm³/mol. The van der Waals surface area contributed by atoms with Crippen molar-refractivity contribution >= 4 is 11.9 Å². The first-order chi connectivity index (χ1) is 13.0. The quantitative estimate of drug-likeness (QED) is 0.508. The van der Waals surface area contributed by atoms with Crippen molar-refractivity contribution in [3.05, 3.63) is 0 Å². The van der Waals surface area contributed by atoms with E-state index >= 15 is 0 Å². The van der Waals surface area contributed by atoms with Crippen LogP contribution in [0.1, 0.15) is 25.7 Å². The Bertz CT molecular complexity index is 543. The molecule has 4 aliphatic carbocycles. The Balaban J connectivity index is 1.38. The zero-order valence-corrected chi connectivity index (χ0v) is 16.5. The van der Waals surface area contributed by atoms with Crippen LogP contribution in [0.5, 0.6) is 0 Å². The number of hydrogen-bond acceptors (Lipinski definition) is 7. The molecule has 4 rings (SSSR count). The van der Waals surface area contributed by atoms with Gasteiger partial charge in [0.1, 0.15) is 0 Å². The van der Waals surface area contributed by atoms with Crippen LogP contribution < -0.4 is 0 Å². The first-order valence-electron chi connectivity index (χ1n) is 9.90. The molecule has 152 valence electrons. The Morgan fingerprint density at radius 2 is 0.963 bits per heavy atom. The topological polar surface area (TPSA) is 80.3 Å². The van der Waals surface area contributed by atoms with Crippen LogP contribution in [-0.4, -0.2) is 64.8 Å². The maximum atomic E-state index is 12.7. The molecule has 7 heteroatoms. The Labute approximate surface area is 160 Å². The van der Waals surface area contributed by atoms with E-state index < -0.39 is 11.9 Å². The molecule has 7 nitrogen and oxygen atoms in total. The third kappa shape index (κ3) is 2.94. The summed E-state index contributed by atoms with van der Waals surface area (Å²) < 4.78 is 27.6. The number of rotatable bonds is 6. The molecular weight excluding hydrogens is 352 g/mol. The molecule has 27 heavy (non-hydrogen) atoms. The number of esters is 2. The second kappa shape index (κ2) is 7.43. The minimum absolute atomic E-state index is 0.0266. The highest BCUT2D eigenvalue weighted by molar-refractivity contribution is 5.88. The zero-order valence-electron chi connectivity index (χ0n) is 16.5. The summed E-state index contributed by atoms with van der Waals surface area (Å²) in [5.41, 5.74) is 0. The molecule has 0 radical (unpaired) electrons. The van der Waals surface area contributed by atoms with Gasteiger partial charge < -0.3 is 23.7 Å². The van der Waals surface area contributed by atoms with E-state index in [-0.39, 0.29) is 48.1 Å². The standard InChI is InChI=1S/C20H30O7/c1-23-15-9-5-11(17(15)25-3)13(7-9)19(21)27-20(22)14-8-10-6-12(14)18(26-4)16(10)24-2/h9-18H,5-8H2,1-4H3. The van der Waals surface area contributed by atoms with E-state index in [4.69, 9.17) is 23.7 Å². The van der Waals surface area contributed by atoms with Crippen molar-refractivity contribution in [2.24, 2.45) is 35.5 Å². The maximum Gasteiger partial charge on any atom is 0.316 e. The molecule has 0 N–H and O–H groups in total. The first kappa shape index (κ1) is 19.3. The summed E-state index contributed by atoms with van der Waals surface area (Å²) in [6.45, 7) is 0. The Hall–Kier alpha value is -1.02. The molecule has 10 atom stereocenters. The smallest absolute Gasteiger partial charge is 0.316 e. The van der Waals surface area contributed by atoms with Gasteiger partial charge in [0.2, 0.25) is 0 Å². The third-order valence-corrected chi connectivity index (χ3v) is 7.61. The van der Waals surface area contributed by atoms with Gasteiger partial charge in [-0.25, -0.2) is 0 Å². The van der Waals surface area contributed by atoms with Crippen LogP contribution in [0.25, 0.3) is 0 Å². The number of fused-ring (bicyclic) bond motifs is 4. The van der Waals surface area contributed by atoms with E-state index in [0.29, 0.717) is 24.7 Å². The number of carbonyl (C=O) groups is 2. The number of carbonyl (C=O) groups excluding carboxylic acids is 2. The molecule has 4 bridgehead atoms. The van der Waals surface area contributed by atoms with Crippen LogP contribution >= 0.6 is 0 Å². The Morgan fingerprint density at radius 1 is 0.593 bits per heavy atom. The van der Waals surface area contributed by atoms with Crippen LogP contribution in [-0.2, 0) is 33.3 Å². The highest BCUT2D eigenvalue weighted by Crippen LogP contribution is 2.53. The van der Waals surface area contributed by atoms with Gasteiger partial charge in [-0.05, 0) is 37.5 Å². The second-order valence-corrected chi connectivity index (χ2v) is 8.55. The minimum atomic E-state index is -0.399. The van der Waals surface area contributed by atoms with Gasteiger partial charge in [0.05, 0.1) is 36.3 Å². The molecule has 10 unspecified atom stereocenters. The fourth-order valence-corrected chi connectivity index (χ4v) is 6.57. The molecule has 0 spiro atoms. The van der Waals surface area contributed by atoms with Crippen molar-refractivity contribution in [3.8, 4) is 0 Å². The number of hydrogen-bond donors (Lipinski definition) is 0. The molecule has 0 aliphatic heterocycles. The number of ether oxygens (including phenoxy) is 5. The summed E-state index contributed by atoms with van der Waals surface area (Å²) in [6.07, 6.45) is 3.03. The van der Waals surface area contributed by atoms with Crippen molar-refractivity contribution in [1.29, 1.82) is 0 Å². The lowest BCUT2D eigenvalue weighted by molar-refractivity contribution is -0.173. The third-order valence-electron chi connectivity index (χ3n) is 7.61. The summed E-state index contributed by atoms with van der Waals surface area (Å²) in [5.74, 6) is -0.642. The Kier molecular flexibility index (Phi) is 5.31. The molecule has 0 saturated heterocycles. The normalized spacial score (nSPS) is 47.6. The van der Waals surface area contributed by atoms with E-state index in [2.05, 4.69) is 0 Å². The van der Waals surface area contributed by atoms with E-state index in [1.807, 2.05) is 0 Å². The molecule has 0 aromatic rings. The molecule has 0 amide bonds. The van der Waals surface area contributed by atoms with Crippen molar-refractivity contribution < 1.29 is 33.3 Å². The lowest BCUT2D eigenvalue weighted by Gasteiger charge is -2.34. The van der Waals surface area contributed by atoms with Crippen molar-refractivity contribution in [3.63, 3.8) is 0 Å². The van der Waals surface area contributed by atoms with Gasteiger partial charge in [0.25, 0.3) is 0 Å². The van der Waals surface area contributed by atoms with Crippen LogP contribution in [0, 0.1) is 35.5 Å². The maximum absolute atomic E-state index is 12.7. The SMILES string of the molecule is COC1C2CC(C(=O)OC(=O)C3CC4CC3C(OC)C4OC)C(C2)C1OC. The largest absolute Gasteiger partial charge is 0.393 e. The van der Waals surface area contributed by atoms with E-state index in [9.17, 15) is 9.59 Å². The van der Waals surface area contributed by atoms with Gasteiger partial charge >= 0.3 is 11.9 Å². The van der Waals surface area contributed by atoms with Gasteiger partial charge in [-0.15, -0.1) is 0 Å². The number of methoxy groups -OCH3 is 4. The molecule has 4 fully saturated rings. The van der Waals surface area contributed by atoms with E-state index in [1.54, 1.807) is 28.4 Å². The van der Waals surface area contributed by atoms with Crippen LogP contribution in [0.15, 0.2) is 0 Å². The van der Waals surface area contributed by atoms with Gasteiger partial charge in [0, 0.05) is 40.3 Å². The monoisotopic (exact) mass is 382 g/mol. The summed E-state index contributed by atoms with van der Waals surface area (Å²) in [5, 5.41) is 0. The van der Waals surface area contributed by atoms with Crippen molar-refractivity contribution in [1.82, 2.24) is 0 Å². The van der Waals surface area contributed by atoms with E-state index in [0.717, 1.165) is 12.8 Å². The highest BCUT2D eigenvalue weighted by atomic mass is 16.6. The predicted octanol–water partition coefficient (Wildman–Crippen LogP) is 1.43. The van der Waals surface area contributed by atoms with Gasteiger partial charge in [-0.2, -0.15) is 0 Å². The van der Waals surface area contributed by atoms with E-state index in [1.165, 1.54) is 0 Å². The minimum Gasteiger partial charge on any atom is -0.393 e. The molecule has 0 aromatic carbocycles. The summed E-state index contributed by atoms with van der Waals surface area (Å²) in [4.78, 5) is 25.5. The fraction of sp³-hybridized carbons (Fsp3) is 0.900. The Morgan fingerprint density at radius 3 is 1.30 bits per heavy atom. The average Bonchev–Trinajstić information content (AvgIpc) is 3.43. The van der Waals surface area contributed by atoms with Crippen molar-refractivity contribution in [2.75, 3.05) is 28.4 Å². The van der Waals surface area contributed by atoms with Gasteiger partial charge in [-0.1, -0.05) is 0 Å². The first-order valence-corrected chi connectivity index (χ1v) is 9.90.